The van der Waals surface area contributed by atoms with Crippen LogP contribution in [0.1, 0.15) is 22.3 Å². The largest absolute Gasteiger partial charge is 0.455 e. The molecule has 0 bridgehead atoms. The van der Waals surface area contributed by atoms with Crippen molar-refractivity contribution < 1.29 is 4.42 Å². The fraction of sp³-hybridized carbons (Fsp3) is 0.0645. The molecular formula is C62H47NOSi. The maximum Gasteiger partial charge on any atom is 0.143 e. The number of benzene rings is 10. The van der Waals surface area contributed by atoms with Gasteiger partial charge in [0.15, 0.2) is 0 Å². The Kier molecular flexibility index (Phi) is 9.11. The zero-order valence-corrected chi connectivity index (χ0v) is 37.8. The van der Waals surface area contributed by atoms with E-state index in [2.05, 4.69) is 255 Å². The minimum Gasteiger partial charge on any atom is -0.455 e. The van der Waals surface area contributed by atoms with E-state index in [1.54, 1.807) is 0 Å². The SMILES string of the molecule is C[Si](C)(C)c1ccc(-c2ccc(N(c3ccc(-c4cccc5c4oc4c6ccccc6ccc54)cc3)c3ccc4c(c3)-c3ccccc3C4(c3ccccc3)c3ccccc3)cc2)cc1. The van der Waals surface area contributed by atoms with Gasteiger partial charge in [-0.2, -0.15) is 0 Å². The first-order chi connectivity index (χ1) is 31.9. The van der Waals surface area contributed by atoms with Gasteiger partial charge in [-0.25, -0.2) is 0 Å². The van der Waals surface area contributed by atoms with Gasteiger partial charge in [0.25, 0.3) is 0 Å². The van der Waals surface area contributed by atoms with E-state index in [4.69, 9.17) is 4.42 Å². The molecular weight excluding hydrogens is 803 g/mol. The molecule has 0 saturated carbocycles. The molecule has 0 radical (unpaired) electrons. The Morgan fingerprint density at radius 2 is 0.892 bits per heavy atom. The van der Waals surface area contributed by atoms with Crippen LogP contribution in [0, 0.1) is 0 Å². The second kappa shape index (κ2) is 15.2. The highest BCUT2D eigenvalue weighted by Gasteiger charge is 2.46. The van der Waals surface area contributed by atoms with Gasteiger partial charge in [-0.3, -0.25) is 0 Å². The van der Waals surface area contributed by atoms with E-state index >= 15 is 0 Å². The van der Waals surface area contributed by atoms with E-state index in [0.29, 0.717) is 0 Å². The van der Waals surface area contributed by atoms with Crippen molar-refractivity contribution in [3.63, 3.8) is 0 Å². The lowest BCUT2D eigenvalue weighted by molar-refractivity contribution is 0.674. The molecule has 11 aromatic rings. The number of fused-ring (bicyclic) bond motifs is 8. The van der Waals surface area contributed by atoms with Crippen LogP contribution in [0.4, 0.5) is 17.1 Å². The van der Waals surface area contributed by atoms with Crippen molar-refractivity contribution in [2.45, 2.75) is 25.1 Å². The molecule has 2 nitrogen and oxygen atoms in total. The number of anilines is 3. The first-order valence-corrected chi connectivity index (χ1v) is 26.2. The molecule has 310 valence electrons. The van der Waals surface area contributed by atoms with Crippen LogP contribution in [0.15, 0.2) is 235 Å². The maximum atomic E-state index is 6.78. The first-order valence-electron chi connectivity index (χ1n) is 22.7. The van der Waals surface area contributed by atoms with Gasteiger partial charge in [0.1, 0.15) is 11.2 Å². The molecule has 0 N–H and O–H groups in total. The van der Waals surface area contributed by atoms with E-state index in [0.717, 1.165) is 55.5 Å². The summed E-state index contributed by atoms with van der Waals surface area (Å²) in [7, 11) is -1.40. The Balaban J connectivity index is 1.01. The summed E-state index contributed by atoms with van der Waals surface area (Å²) in [5.41, 5.74) is 16.9. The lowest BCUT2D eigenvalue weighted by Crippen LogP contribution is -2.37. The maximum absolute atomic E-state index is 6.78. The third kappa shape index (κ3) is 6.30. The first kappa shape index (κ1) is 38.9. The Morgan fingerprint density at radius 1 is 0.369 bits per heavy atom. The van der Waals surface area contributed by atoms with Gasteiger partial charge in [0, 0.05) is 38.8 Å². The third-order valence-electron chi connectivity index (χ3n) is 13.7. The van der Waals surface area contributed by atoms with Crippen molar-refractivity contribution in [3.05, 3.63) is 253 Å². The molecule has 0 spiro atoms. The highest BCUT2D eigenvalue weighted by atomic mass is 28.3. The molecule has 10 aromatic carbocycles. The van der Waals surface area contributed by atoms with Crippen LogP contribution >= 0.6 is 0 Å². The molecule has 1 aromatic heterocycles. The fourth-order valence-corrected chi connectivity index (χ4v) is 11.7. The number of hydrogen-bond acceptors (Lipinski definition) is 2. The van der Waals surface area contributed by atoms with Gasteiger partial charge >= 0.3 is 0 Å². The van der Waals surface area contributed by atoms with Crippen molar-refractivity contribution in [1.29, 1.82) is 0 Å². The molecule has 0 atom stereocenters. The van der Waals surface area contributed by atoms with Gasteiger partial charge in [-0.05, 0) is 97.9 Å². The van der Waals surface area contributed by atoms with E-state index < -0.39 is 13.5 Å². The summed E-state index contributed by atoms with van der Waals surface area (Å²) in [5, 5.41) is 6.05. The van der Waals surface area contributed by atoms with Crippen LogP contribution in [0.2, 0.25) is 19.6 Å². The number of furan rings is 1. The second-order valence-electron chi connectivity index (χ2n) is 18.5. The summed E-state index contributed by atoms with van der Waals surface area (Å²) >= 11 is 0. The Labute approximate surface area is 381 Å². The average molecular weight is 850 g/mol. The van der Waals surface area contributed by atoms with Crippen LogP contribution in [-0.2, 0) is 5.41 Å². The van der Waals surface area contributed by atoms with Crippen LogP contribution in [0.5, 0.6) is 0 Å². The number of para-hydroxylation sites is 1. The topological polar surface area (TPSA) is 16.4 Å². The molecule has 12 rings (SSSR count). The van der Waals surface area contributed by atoms with Crippen LogP contribution in [0.25, 0.3) is 66.1 Å². The molecule has 0 amide bonds. The molecule has 1 aliphatic rings. The highest BCUT2D eigenvalue weighted by molar-refractivity contribution is 6.88. The minimum atomic E-state index is -1.40. The summed E-state index contributed by atoms with van der Waals surface area (Å²) in [4.78, 5) is 2.41. The van der Waals surface area contributed by atoms with Crippen molar-refractivity contribution in [1.82, 2.24) is 0 Å². The molecule has 0 fully saturated rings. The standard InChI is InChI=1S/C62H47NOSi/c1-65(2,3)51-37-29-43(30-38-51)42-25-32-48(33-26-42)63(49-34-27-45(28-35-49)53-22-14-23-55-56-39-31-44-15-10-11-20-52(44)61(56)64-60(53)55)50-36-40-59-57(41-50)54-21-12-13-24-58(54)62(59,46-16-6-4-7-17-46)47-18-8-5-9-19-47/h4-41H,1-3H3. The summed E-state index contributed by atoms with van der Waals surface area (Å²) in [5.74, 6) is 0. The van der Waals surface area contributed by atoms with Gasteiger partial charge < -0.3 is 9.32 Å². The molecule has 3 heteroatoms. The lowest BCUT2D eigenvalue weighted by atomic mass is 9.68. The Hall–Kier alpha value is -7.72. The summed E-state index contributed by atoms with van der Waals surface area (Å²) < 4.78 is 6.78. The Bertz CT molecular complexity index is 3510. The van der Waals surface area contributed by atoms with Crippen molar-refractivity contribution in [2.24, 2.45) is 0 Å². The predicted octanol–water partition coefficient (Wildman–Crippen LogP) is 16.5. The zero-order chi connectivity index (χ0) is 43.7. The zero-order valence-electron chi connectivity index (χ0n) is 36.8. The molecule has 0 saturated heterocycles. The third-order valence-corrected chi connectivity index (χ3v) is 15.8. The van der Waals surface area contributed by atoms with Crippen LogP contribution in [0.3, 0.4) is 0 Å². The monoisotopic (exact) mass is 849 g/mol. The normalized spacial score (nSPS) is 13.0. The molecule has 1 aliphatic carbocycles. The van der Waals surface area contributed by atoms with Crippen molar-refractivity contribution in [2.75, 3.05) is 4.90 Å². The highest BCUT2D eigenvalue weighted by Crippen LogP contribution is 2.57. The molecule has 65 heavy (non-hydrogen) atoms. The van der Waals surface area contributed by atoms with E-state index in [1.807, 2.05) is 0 Å². The second-order valence-corrected chi connectivity index (χ2v) is 23.5. The minimum absolute atomic E-state index is 0.462. The summed E-state index contributed by atoms with van der Waals surface area (Å²) in [6.45, 7) is 7.21. The predicted molar refractivity (Wildman–Crippen MR) is 277 cm³/mol. The molecule has 0 unspecified atom stereocenters. The van der Waals surface area contributed by atoms with Gasteiger partial charge in [-0.1, -0.05) is 213 Å². The van der Waals surface area contributed by atoms with Crippen LogP contribution in [-0.4, -0.2) is 8.07 Å². The average Bonchev–Trinajstić information content (AvgIpc) is 3.89. The number of nitrogens with zero attached hydrogens (tertiary/aromatic N) is 1. The number of rotatable bonds is 8. The van der Waals surface area contributed by atoms with Crippen molar-refractivity contribution >= 4 is 63.0 Å². The van der Waals surface area contributed by atoms with Crippen molar-refractivity contribution in [3.8, 4) is 33.4 Å². The van der Waals surface area contributed by atoms with E-state index in [9.17, 15) is 0 Å². The van der Waals surface area contributed by atoms with Gasteiger partial charge in [-0.15, -0.1) is 0 Å². The molecule has 0 aliphatic heterocycles. The quantitative estimate of drug-likeness (QED) is 0.142. The number of hydrogen-bond donors (Lipinski definition) is 0. The van der Waals surface area contributed by atoms with Crippen LogP contribution < -0.4 is 10.1 Å². The van der Waals surface area contributed by atoms with Gasteiger partial charge in [0.2, 0.25) is 0 Å². The smallest absolute Gasteiger partial charge is 0.143 e. The van der Waals surface area contributed by atoms with Gasteiger partial charge in [0.05, 0.1) is 13.5 Å². The summed E-state index contributed by atoms with van der Waals surface area (Å²) in [6.07, 6.45) is 0. The van der Waals surface area contributed by atoms with E-state index in [-0.39, 0.29) is 0 Å². The summed E-state index contributed by atoms with van der Waals surface area (Å²) in [6, 6.07) is 84.8. The molecule has 1 heterocycles. The Morgan fingerprint density at radius 3 is 1.57 bits per heavy atom. The fourth-order valence-electron chi connectivity index (χ4n) is 10.5. The lowest BCUT2D eigenvalue weighted by Gasteiger charge is -2.34. The van der Waals surface area contributed by atoms with E-state index in [1.165, 1.54) is 55.1 Å².